The molecule has 0 aliphatic carbocycles. The monoisotopic (exact) mass is 415 g/mol. The Morgan fingerprint density at radius 3 is 2.70 bits per heavy atom. The molecule has 5 aromatic rings. The van der Waals surface area contributed by atoms with Crippen molar-refractivity contribution in [3.8, 4) is 22.0 Å². The fourth-order valence-corrected chi connectivity index (χ4v) is 3.79. The third kappa shape index (κ3) is 3.44. The van der Waals surface area contributed by atoms with Gasteiger partial charge in [-0.1, -0.05) is 24.3 Å². The van der Waals surface area contributed by atoms with E-state index in [0.717, 1.165) is 10.4 Å². The Labute approximate surface area is 174 Å². The molecule has 1 N–H and O–H groups in total. The normalized spacial score (nSPS) is 11.0. The molecule has 146 valence electrons. The zero-order valence-corrected chi connectivity index (χ0v) is 16.3. The standard InChI is InChI=1S/C22H14FN5OS/c23-16-6-1-5-15(12-16)22(29)24-17-7-2-4-14(13-17)18-9-10-20-25-26-21(28(20)27-18)19-8-3-11-30-19/h1-13H,(H,24,29). The van der Waals surface area contributed by atoms with Gasteiger partial charge in [0.2, 0.25) is 0 Å². The Balaban J connectivity index is 1.47. The first-order valence-corrected chi connectivity index (χ1v) is 9.99. The van der Waals surface area contributed by atoms with Crippen molar-refractivity contribution in [2.45, 2.75) is 0 Å². The summed E-state index contributed by atoms with van der Waals surface area (Å²) in [6.45, 7) is 0. The SMILES string of the molecule is O=C(Nc1cccc(-c2ccc3nnc(-c4cccs4)n3n2)c1)c1cccc(F)c1. The van der Waals surface area contributed by atoms with E-state index in [0.29, 0.717) is 22.9 Å². The lowest BCUT2D eigenvalue weighted by atomic mass is 10.1. The van der Waals surface area contributed by atoms with Gasteiger partial charge in [-0.05, 0) is 53.9 Å². The molecule has 8 heteroatoms. The van der Waals surface area contributed by atoms with Crippen LogP contribution in [-0.4, -0.2) is 25.7 Å². The number of halogens is 1. The van der Waals surface area contributed by atoms with Crippen molar-refractivity contribution in [1.29, 1.82) is 0 Å². The Morgan fingerprint density at radius 1 is 0.967 bits per heavy atom. The fourth-order valence-electron chi connectivity index (χ4n) is 3.09. The van der Waals surface area contributed by atoms with Crippen molar-refractivity contribution in [1.82, 2.24) is 19.8 Å². The minimum absolute atomic E-state index is 0.255. The number of nitrogens with zero attached hydrogens (tertiary/aromatic N) is 4. The van der Waals surface area contributed by atoms with Gasteiger partial charge in [0.05, 0.1) is 10.6 Å². The molecule has 0 unspecified atom stereocenters. The van der Waals surface area contributed by atoms with Gasteiger partial charge in [-0.25, -0.2) is 4.39 Å². The Morgan fingerprint density at radius 2 is 1.87 bits per heavy atom. The first-order valence-electron chi connectivity index (χ1n) is 9.11. The smallest absolute Gasteiger partial charge is 0.255 e. The van der Waals surface area contributed by atoms with Crippen LogP contribution in [0.25, 0.3) is 27.6 Å². The number of aromatic nitrogens is 4. The third-order valence-corrected chi connectivity index (χ3v) is 5.37. The van der Waals surface area contributed by atoms with Crippen molar-refractivity contribution in [3.63, 3.8) is 0 Å². The van der Waals surface area contributed by atoms with Gasteiger partial charge in [-0.3, -0.25) is 4.79 Å². The molecule has 2 aromatic carbocycles. The molecule has 0 spiro atoms. The number of hydrogen-bond donors (Lipinski definition) is 1. The largest absolute Gasteiger partial charge is 0.322 e. The van der Waals surface area contributed by atoms with Gasteiger partial charge in [0.15, 0.2) is 11.5 Å². The summed E-state index contributed by atoms with van der Waals surface area (Å²) in [7, 11) is 0. The van der Waals surface area contributed by atoms with Crippen LogP contribution in [0.2, 0.25) is 0 Å². The van der Waals surface area contributed by atoms with Gasteiger partial charge in [0.25, 0.3) is 5.91 Å². The molecule has 0 atom stereocenters. The number of anilines is 1. The van der Waals surface area contributed by atoms with Gasteiger partial charge in [0.1, 0.15) is 5.82 Å². The number of amides is 1. The topological polar surface area (TPSA) is 72.2 Å². The molecule has 0 aliphatic heterocycles. The van der Waals surface area contributed by atoms with Crippen LogP contribution in [-0.2, 0) is 0 Å². The second-order valence-corrected chi connectivity index (χ2v) is 7.48. The predicted molar refractivity (Wildman–Crippen MR) is 114 cm³/mol. The summed E-state index contributed by atoms with van der Waals surface area (Å²) in [5.41, 5.74) is 3.02. The highest BCUT2D eigenvalue weighted by Crippen LogP contribution is 2.25. The highest BCUT2D eigenvalue weighted by atomic mass is 32.1. The average Bonchev–Trinajstić information content (AvgIpc) is 3.43. The van der Waals surface area contributed by atoms with Gasteiger partial charge < -0.3 is 5.32 Å². The first kappa shape index (κ1) is 18.1. The second-order valence-electron chi connectivity index (χ2n) is 6.53. The molecule has 0 aliphatic rings. The lowest BCUT2D eigenvalue weighted by molar-refractivity contribution is 0.102. The molecule has 1 amide bonds. The summed E-state index contributed by atoms with van der Waals surface area (Å²) >= 11 is 1.57. The molecule has 6 nitrogen and oxygen atoms in total. The van der Waals surface area contributed by atoms with Crippen LogP contribution < -0.4 is 5.32 Å². The van der Waals surface area contributed by atoms with E-state index in [2.05, 4.69) is 20.6 Å². The molecule has 0 saturated heterocycles. The second kappa shape index (κ2) is 7.49. The van der Waals surface area contributed by atoms with Gasteiger partial charge in [-0.15, -0.1) is 21.5 Å². The molecular formula is C22H14FN5OS. The van der Waals surface area contributed by atoms with E-state index in [4.69, 9.17) is 0 Å². The number of fused-ring (bicyclic) bond motifs is 1. The summed E-state index contributed by atoms with van der Waals surface area (Å²) in [6, 6.07) is 20.5. The lowest BCUT2D eigenvalue weighted by Crippen LogP contribution is -2.12. The van der Waals surface area contributed by atoms with E-state index >= 15 is 0 Å². The Hall–Kier alpha value is -3.91. The van der Waals surface area contributed by atoms with E-state index in [1.807, 2.05) is 47.8 Å². The molecule has 5 rings (SSSR count). The molecule has 0 saturated carbocycles. The van der Waals surface area contributed by atoms with Crippen LogP contribution in [0.5, 0.6) is 0 Å². The Kier molecular flexibility index (Phi) is 4.53. The summed E-state index contributed by atoms with van der Waals surface area (Å²) in [6.07, 6.45) is 0. The number of hydrogen-bond acceptors (Lipinski definition) is 5. The average molecular weight is 415 g/mol. The van der Waals surface area contributed by atoms with E-state index < -0.39 is 5.82 Å². The van der Waals surface area contributed by atoms with Crippen LogP contribution in [0, 0.1) is 5.82 Å². The zero-order valence-electron chi connectivity index (χ0n) is 15.5. The number of carbonyl (C=O) groups excluding carboxylic acids is 1. The number of nitrogens with one attached hydrogen (secondary N) is 1. The number of thiophene rings is 1. The van der Waals surface area contributed by atoms with Crippen LogP contribution >= 0.6 is 11.3 Å². The molecule has 0 fully saturated rings. The van der Waals surface area contributed by atoms with Crippen molar-refractivity contribution < 1.29 is 9.18 Å². The minimum Gasteiger partial charge on any atom is -0.322 e. The van der Waals surface area contributed by atoms with E-state index in [1.165, 1.54) is 18.2 Å². The maximum absolute atomic E-state index is 13.4. The quantitative estimate of drug-likeness (QED) is 0.453. The van der Waals surface area contributed by atoms with Gasteiger partial charge >= 0.3 is 0 Å². The van der Waals surface area contributed by atoms with E-state index in [-0.39, 0.29) is 11.5 Å². The maximum atomic E-state index is 13.4. The third-order valence-electron chi connectivity index (χ3n) is 4.51. The lowest BCUT2D eigenvalue weighted by Gasteiger charge is -2.08. The zero-order chi connectivity index (χ0) is 20.5. The predicted octanol–water partition coefficient (Wildman–Crippen LogP) is 4.91. The van der Waals surface area contributed by atoms with E-state index in [9.17, 15) is 9.18 Å². The highest BCUT2D eigenvalue weighted by Gasteiger charge is 2.12. The summed E-state index contributed by atoms with van der Waals surface area (Å²) in [5, 5.41) is 17.9. The van der Waals surface area contributed by atoms with Crippen molar-refractivity contribution in [3.05, 3.63) is 89.6 Å². The number of benzene rings is 2. The van der Waals surface area contributed by atoms with Crippen LogP contribution in [0.15, 0.2) is 78.2 Å². The number of rotatable bonds is 4. The van der Waals surface area contributed by atoms with Crippen LogP contribution in [0.1, 0.15) is 10.4 Å². The van der Waals surface area contributed by atoms with Crippen molar-refractivity contribution in [2.24, 2.45) is 0 Å². The highest BCUT2D eigenvalue weighted by molar-refractivity contribution is 7.13. The summed E-state index contributed by atoms with van der Waals surface area (Å²) in [4.78, 5) is 13.4. The van der Waals surface area contributed by atoms with Crippen molar-refractivity contribution in [2.75, 3.05) is 5.32 Å². The Bertz CT molecular complexity index is 1360. The molecular weight excluding hydrogens is 401 g/mol. The summed E-state index contributed by atoms with van der Waals surface area (Å²) in [5.74, 6) is -0.157. The van der Waals surface area contributed by atoms with Crippen molar-refractivity contribution >= 4 is 28.6 Å². The minimum atomic E-state index is -0.454. The van der Waals surface area contributed by atoms with Gasteiger partial charge in [0, 0.05) is 16.8 Å². The van der Waals surface area contributed by atoms with Gasteiger partial charge in [-0.2, -0.15) is 9.61 Å². The molecule has 3 heterocycles. The van der Waals surface area contributed by atoms with Crippen LogP contribution in [0.4, 0.5) is 10.1 Å². The number of carbonyl (C=O) groups is 1. The molecule has 0 bridgehead atoms. The molecule has 3 aromatic heterocycles. The molecule has 30 heavy (non-hydrogen) atoms. The first-order chi connectivity index (χ1) is 14.7. The maximum Gasteiger partial charge on any atom is 0.255 e. The molecule has 0 radical (unpaired) electrons. The van der Waals surface area contributed by atoms with Crippen LogP contribution in [0.3, 0.4) is 0 Å². The summed E-state index contributed by atoms with van der Waals surface area (Å²) < 4.78 is 15.1. The fraction of sp³-hybridized carbons (Fsp3) is 0. The van der Waals surface area contributed by atoms with E-state index in [1.54, 1.807) is 28.0 Å².